The zero-order valence-electron chi connectivity index (χ0n) is 10.5. The van der Waals surface area contributed by atoms with Crippen molar-refractivity contribution in [3.05, 3.63) is 0 Å². The normalized spacial score (nSPS) is 30.8. The van der Waals surface area contributed by atoms with Crippen molar-refractivity contribution in [1.29, 1.82) is 0 Å². The number of hydrogen-bond acceptors (Lipinski definition) is 3. The lowest BCUT2D eigenvalue weighted by Gasteiger charge is -2.40. The Kier molecular flexibility index (Phi) is 4.22. The number of nitrogens with zero attached hydrogens (tertiary/aromatic N) is 1. The van der Waals surface area contributed by atoms with Gasteiger partial charge in [0.2, 0.25) is 0 Å². The van der Waals surface area contributed by atoms with Crippen LogP contribution in [-0.4, -0.2) is 49.0 Å². The molecule has 2 saturated heterocycles. The smallest absolute Gasteiger partial charge is 0.0501 e. The molecule has 0 radical (unpaired) electrons. The van der Waals surface area contributed by atoms with Gasteiger partial charge in [-0.3, -0.25) is 4.90 Å². The van der Waals surface area contributed by atoms with Crippen molar-refractivity contribution in [3.63, 3.8) is 0 Å². The van der Waals surface area contributed by atoms with E-state index in [4.69, 9.17) is 4.74 Å². The molecule has 1 N–H and O–H groups in total. The summed E-state index contributed by atoms with van der Waals surface area (Å²) in [6.07, 6.45) is 5.97. The third-order valence-corrected chi connectivity index (χ3v) is 4.40. The van der Waals surface area contributed by atoms with Crippen LogP contribution < -0.4 is 0 Å². The molecule has 1 atom stereocenters. The molecule has 2 fully saturated rings. The molecule has 2 aliphatic heterocycles. The van der Waals surface area contributed by atoms with Crippen molar-refractivity contribution < 1.29 is 9.84 Å². The fourth-order valence-corrected chi connectivity index (χ4v) is 3.17. The zero-order valence-corrected chi connectivity index (χ0v) is 10.5. The van der Waals surface area contributed by atoms with E-state index < -0.39 is 0 Å². The van der Waals surface area contributed by atoms with Crippen molar-refractivity contribution in [2.75, 3.05) is 32.9 Å². The Bertz CT molecular complexity index is 214. The zero-order chi connectivity index (χ0) is 11.4. The first kappa shape index (κ1) is 12.3. The van der Waals surface area contributed by atoms with Gasteiger partial charge in [0.15, 0.2) is 0 Å². The third-order valence-electron chi connectivity index (χ3n) is 4.40. The minimum Gasteiger partial charge on any atom is -0.396 e. The van der Waals surface area contributed by atoms with Crippen molar-refractivity contribution in [2.24, 2.45) is 5.41 Å². The van der Waals surface area contributed by atoms with Gasteiger partial charge in [-0.2, -0.15) is 0 Å². The molecule has 3 heteroatoms. The van der Waals surface area contributed by atoms with Crippen molar-refractivity contribution in [3.8, 4) is 0 Å². The first-order chi connectivity index (χ1) is 7.79. The van der Waals surface area contributed by atoms with Gasteiger partial charge in [0.05, 0.1) is 6.61 Å². The van der Waals surface area contributed by atoms with Gasteiger partial charge in [-0.05, 0) is 38.6 Å². The SMILES string of the molecule is CCC1CCCN1CC1(CO)CCOCC1. The van der Waals surface area contributed by atoms with Crippen LogP contribution in [0.25, 0.3) is 0 Å². The van der Waals surface area contributed by atoms with E-state index in [1.807, 2.05) is 0 Å². The first-order valence-electron chi connectivity index (χ1n) is 6.72. The van der Waals surface area contributed by atoms with E-state index in [-0.39, 0.29) is 5.41 Å². The second-order valence-electron chi connectivity index (χ2n) is 5.45. The largest absolute Gasteiger partial charge is 0.396 e. The molecule has 0 aromatic rings. The van der Waals surface area contributed by atoms with Gasteiger partial charge in [-0.25, -0.2) is 0 Å². The second kappa shape index (κ2) is 5.48. The number of aliphatic hydroxyl groups excluding tert-OH is 1. The van der Waals surface area contributed by atoms with Crippen LogP contribution in [0.5, 0.6) is 0 Å². The number of hydrogen-bond donors (Lipinski definition) is 1. The van der Waals surface area contributed by atoms with Gasteiger partial charge >= 0.3 is 0 Å². The maximum absolute atomic E-state index is 9.68. The minimum atomic E-state index is 0.121. The van der Waals surface area contributed by atoms with E-state index in [1.54, 1.807) is 0 Å². The van der Waals surface area contributed by atoms with E-state index in [1.165, 1.54) is 25.8 Å². The standard InChI is InChI=1S/C13H25NO2/c1-2-12-4-3-7-14(12)10-13(11-15)5-8-16-9-6-13/h12,15H,2-11H2,1H3. The monoisotopic (exact) mass is 227 g/mol. The minimum absolute atomic E-state index is 0.121. The molecule has 2 rings (SSSR count). The highest BCUT2D eigenvalue weighted by Gasteiger charge is 2.36. The molecule has 0 aliphatic carbocycles. The molecular weight excluding hydrogens is 202 g/mol. The van der Waals surface area contributed by atoms with Crippen LogP contribution in [0, 0.1) is 5.41 Å². The maximum atomic E-state index is 9.68. The molecule has 0 aromatic carbocycles. The van der Waals surface area contributed by atoms with Crippen LogP contribution in [0.15, 0.2) is 0 Å². The fourth-order valence-electron chi connectivity index (χ4n) is 3.17. The summed E-state index contributed by atoms with van der Waals surface area (Å²) in [6.45, 7) is 6.55. The number of aliphatic hydroxyl groups is 1. The Hall–Kier alpha value is -0.120. The molecule has 3 nitrogen and oxygen atoms in total. The van der Waals surface area contributed by atoms with E-state index >= 15 is 0 Å². The van der Waals surface area contributed by atoms with Crippen LogP contribution >= 0.6 is 0 Å². The summed E-state index contributed by atoms with van der Waals surface area (Å²) in [5.41, 5.74) is 0.121. The average Bonchev–Trinajstić information content (AvgIpc) is 2.77. The van der Waals surface area contributed by atoms with Crippen molar-refractivity contribution >= 4 is 0 Å². The quantitative estimate of drug-likeness (QED) is 0.792. The predicted molar refractivity (Wildman–Crippen MR) is 64.5 cm³/mol. The summed E-state index contributed by atoms with van der Waals surface area (Å²) in [5.74, 6) is 0. The van der Waals surface area contributed by atoms with E-state index in [9.17, 15) is 5.11 Å². The molecule has 0 saturated carbocycles. The lowest BCUT2D eigenvalue weighted by Crippen LogP contribution is -2.45. The van der Waals surface area contributed by atoms with Gasteiger partial charge in [0, 0.05) is 31.2 Å². The van der Waals surface area contributed by atoms with Crippen LogP contribution in [0.3, 0.4) is 0 Å². The summed E-state index contributed by atoms with van der Waals surface area (Å²) in [6, 6.07) is 0.756. The summed E-state index contributed by atoms with van der Waals surface area (Å²) in [4.78, 5) is 2.60. The molecule has 1 unspecified atom stereocenters. The summed E-state index contributed by atoms with van der Waals surface area (Å²) < 4.78 is 5.41. The Morgan fingerprint density at radius 1 is 1.38 bits per heavy atom. The number of likely N-dealkylation sites (tertiary alicyclic amines) is 1. The van der Waals surface area contributed by atoms with Gasteiger partial charge in [0.25, 0.3) is 0 Å². The third kappa shape index (κ3) is 2.58. The van der Waals surface area contributed by atoms with E-state index in [2.05, 4.69) is 11.8 Å². The van der Waals surface area contributed by atoms with E-state index in [0.717, 1.165) is 38.6 Å². The maximum Gasteiger partial charge on any atom is 0.0501 e. The van der Waals surface area contributed by atoms with Gasteiger partial charge in [-0.15, -0.1) is 0 Å². The fraction of sp³-hybridized carbons (Fsp3) is 1.00. The van der Waals surface area contributed by atoms with Crippen LogP contribution in [-0.2, 0) is 4.74 Å². The number of ether oxygens (including phenoxy) is 1. The Balaban J connectivity index is 1.94. The summed E-state index contributed by atoms with van der Waals surface area (Å²) >= 11 is 0. The molecule has 16 heavy (non-hydrogen) atoms. The molecule has 94 valence electrons. The van der Waals surface area contributed by atoms with Crippen LogP contribution in [0.1, 0.15) is 39.0 Å². The molecule has 0 amide bonds. The molecule has 0 bridgehead atoms. The topological polar surface area (TPSA) is 32.7 Å². The summed E-state index contributed by atoms with van der Waals surface area (Å²) in [5, 5.41) is 9.68. The van der Waals surface area contributed by atoms with Crippen molar-refractivity contribution in [1.82, 2.24) is 4.90 Å². The highest BCUT2D eigenvalue weighted by molar-refractivity contribution is 4.88. The number of rotatable bonds is 4. The van der Waals surface area contributed by atoms with Gasteiger partial charge in [-0.1, -0.05) is 6.92 Å². The average molecular weight is 227 g/mol. The van der Waals surface area contributed by atoms with Crippen LogP contribution in [0.4, 0.5) is 0 Å². The highest BCUT2D eigenvalue weighted by Crippen LogP contribution is 2.33. The lowest BCUT2D eigenvalue weighted by atomic mass is 9.80. The lowest BCUT2D eigenvalue weighted by molar-refractivity contribution is -0.0362. The Morgan fingerprint density at radius 3 is 2.75 bits per heavy atom. The second-order valence-corrected chi connectivity index (χ2v) is 5.45. The van der Waals surface area contributed by atoms with E-state index in [0.29, 0.717) is 6.61 Å². The molecule has 0 aromatic heterocycles. The Morgan fingerprint density at radius 2 is 2.12 bits per heavy atom. The molecule has 2 aliphatic rings. The van der Waals surface area contributed by atoms with Crippen LogP contribution in [0.2, 0.25) is 0 Å². The molecular formula is C13H25NO2. The first-order valence-corrected chi connectivity index (χ1v) is 6.72. The van der Waals surface area contributed by atoms with Crippen molar-refractivity contribution in [2.45, 2.75) is 45.1 Å². The summed E-state index contributed by atoms with van der Waals surface area (Å²) in [7, 11) is 0. The van der Waals surface area contributed by atoms with Gasteiger partial charge < -0.3 is 9.84 Å². The predicted octanol–water partition coefficient (Wildman–Crippen LogP) is 1.65. The van der Waals surface area contributed by atoms with Gasteiger partial charge in [0.1, 0.15) is 0 Å². The Labute approximate surface area is 98.8 Å². The highest BCUT2D eigenvalue weighted by atomic mass is 16.5. The molecule has 0 spiro atoms. The molecule has 2 heterocycles.